The smallest absolute Gasteiger partial charge is 0.410 e. The molecule has 40 heavy (non-hydrogen) atoms. The number of carbonyl (C=O) groups is 3. The average molecular weight is 619 g/mol. The van der Waals surface area contributed by atoms with E-state index in [0.717, 1.165) is 23.7 Å². The summed E-state index contributed by atoms with van der Waals surface area (Å²) in [6.07, 6.45) is 3.77. The van der Waals surface area contributed by atoms with Crippen LogP contribution in [0.3, 0.4) is 0 Å². The lowest BCUT2D eigenvalue weighted by Crippen LogP contribution is -2.35. The Bertz CT molecular complexity index is 1020. The van der Waals surface area contributed by atoms with Crippen molar-refractivity contribution < 1.29 is 23.9 Å². The summed E-state index contributed by atoms with van der Waals surface area (Å²) >= 11 is 3.36. The third-order valence-corrected chi connectivity index (χ3v) is 6.45. The molecular weight excluding hydrogens is 570 g/mol. The number of ether oxygens (including phenoxy) is 2. The van der Waals surface area contributed by atoms with Gasteiger partial charge in [-0.25, -0.2) is 4.79 Å². The summed E-state index contributed by atoms with van der Waals surface area (Å²) in [4.78, 5) is 35.7. The van der Waals surface area contributed by atoms with Crippen molar-refractivity contribution in [1.82, 2.24) is 4.90 Å². The molecule has 1 heterocycles. The number of nitrogens with zero attached hydrogens (tertiary/aromatic N) is 1. The van der Waals surface area contributed by atoms with Crippen LogP contribution in [-0.4, -0.2) is 48.0 Å². The van der Waals surface area contributed by atoms with E-state index in [9.17, 15) is 14.4 Å². The summed E-state index contributed by atoms with van der Waals surface area (Å²) in [5.74, 6) is 0.802. The van der Waals surface area contributed by atoms with Gasteiger partial charge in [0.15, 0.2) is 0 Å². The standard InChI is InChI=1S/C14H25NO3.C12H16O2.C7H7Br/c1-5-6-12(16)9-11-7-8-15(10-11)13(17)18-14(2,3)4;1-10(9-14-11(2)13)8-12-6-4-3-5-7-12;1-6-3-2-4-7(8)5-6/h11H,5-10H2,1-4H3;3-7,10H,8-9H2,1-2H3;2-5H,1H3. The van der Waals surface area contributed by atoms with Gasteiger partial charge in [0.05, 0.1) is 6.61 Å². The molecule has 2 aromatic carbocycles. The van der Waals surface area contributed by atoms with Gasteiger partial charge in [-0.15, -0.1) is 0 Å². The van der Waals surface area contributed by atoms with Gasteiger partial charge in [0, 0.05) is 37.3 Å². The van der Waals surface area contributed by atoms with Crippen molar-refractivity contribution in [3.8, 4) is 0 Å². The number of benzene rings is 2. The van der Waals surface area contributed by atoms with Crippen LogP contribution in [0.2, 0.25) is 0 Å². The molecule has 0 N–H and O–H groups in total. The van der Waals surface area contributed by atoms with Crippen molar-refractivity contribution in [3.63, 3.8) is 0 Å². The highest BCUT2D eigenvalue weighted by Crippen LogP contribution is 2.22. The molecule has 1 aliphatic heterocycles. The maximum atomic E-state index is 11.8. The van der Waals surface area contributed by atoms with Gasteiger partial charge in [0.1, 0.15) is 11.4 Å². The number of Topliss-reactive ketones (excluding diaryl/α,β-unsaturated/α-hetero) is 1. The van der Waals surface area contributed by atoms with Crippen molar-refractivity contribution in [3.05, 3.63) is 70.2 Å². The summed E-state index contributed by atoms with van der Waals surface area (Å²) < 4.78 is 11.4. The van der Waals surface area contributed by atoms with Crippen LogP contribution < -0.4 is 0 Å². The summed E-state index contributed by atoms with van der Waals surface area (Å²) in [6.45, 7) is 15.1. The fraction of sp³-hybridized carbons (Fsp3) is 0.545. The predicted octanol–water partition coefficient (Wildman–Crippen LogP) is 8.19. The zero-order valence-corrected chi connectivity index (χ0v) is 27.0. The Morgan fingerprint density at radius 2 is 1.75 bits per heavy atom. The van der Waals surface area contributed by atoms with E-state index in [1.807, 2.05) is 58.0 Å². The highest BCUT2D eigenvalue weighted by Gasteiger charge is 2.30. The second-order valence-corrected chi connectivity index (χ2v) is 12.4. The van der Waals surface area contributed by atoms with Gasteiger partial charge in [-0.3, -0.25) is 9.59 Å². The number of hydrogen-bond acceptors (Lipinski definition) is 5. The van der Waals surface area contributed by atoms with E-state index in [1.165, 1.54) is 18.1 Å². The van der Waals surface area contributed by atoms with Gasteiger partial charge in [-0.1, -0.05) is 77.8 Å². The number of aryl methyl sites for hydroxylation is 1. The first-order valence-electron chi connectivity index (χ1n) is 14.2. The van der Waals surface area contributed by atoms with Crippen LogP contribution in [-0.2, 0) is 25.5 Å². The molecule has 1 aliphatic rings. The van der Waals surface area contributed by atoms with Crippen LogP contribution >= 0.6 is 15.9 Å². The molecule has 222 valence electrons. The molecule has 0 radical (unpaired) electrons. The lowest BCUT2D eigenvalue weighted by molar-refractivity contribution is -0.142. The van der Waals surface area contributed by atoms with Crippen molar-refractivity contribution in [2.45, 2.75) is 86.2 Å². The molecule has 0 aliphatic carbocycles. The quantitative estimate of drug-likeness (QED) is 0.279. The highest BCUT2D eigenvalue weighted by atomic mass is 79.9. The van der Waals surface area contributed by atoms with Gasteiger partial charge >= 0.3 is 12.1 Å². The van der Waals surface area contributed by atoms with Crippen LogP contribution in [0.5, 0.6) is 0 Å². The predicted molar refractivity (Wildman–Crippen MR) is 165 cm³/mol. The van der Waals surface area contributed by atoms with Crippen LogP contribution in [0.15, 0.2) is 59.1 Å². The first-order valence-corrected chi connectivity index (χ1v) is 15.0. The summed E-state index contributed by atoms with van der Waals surface area (Å²) in [6, 6.07) is 18.4. The number of amides is 1. The Balaban J connectivity index is 0.000000321. The monoisotopic (exact) mass is 617 g/mol. The van der Waals surface area contributed by atoms with Crippen molar-refractivity contribution in [2.75, 3.05) is 19.7 Å². The van der Waals surface area contributed by atoms with E-state index in [1.54, 1.807) is 4.90 Å². The zero-order valence-electron chi connectivity index (χ0n) is 25.4. The number of esters is 1. The number of carbonyl (C=O) groups excluding carboxylic acids is 3. The summed E-state index contributed by atoms with van der Waals surface area (Å²) in [5, 5.41) is 0. The molecule has 3 rings (SSSR count). The Kier molecular flexibility index (Phi) is 16.5. The second kappa shape index (κ2) is 18.6. The van der Waals surface area contributed by atoms with E-state index in [0.29, 0.717) is 50.2 Å². The third-order valence-electron chi connectivity index (χ3n) is 5.96. The molecule has 2 unspecified atom stereocenters. The SMILES string of the molecule is CC(=O)OCC(C)Cc1ccccc1.CCCC(=O)CC1CCN(C(=O)OC(C)(C)C)C1.Cc1cccc(Br)c1. The fourth-order valence-corrected chi connectivity index (χ4v) is 4.65. The van der Waals surface area contributed by atoms with Gasteiger partial charge in [0.2, 0.25) is 0 Å². The molecule has 0 bridgehead atoms. The number of halogens is 1. The molecule has 7 heteroatoms. The van der Waals surface area contributed by atoms with Crippen molar-refractivity contribution in [1.29, 1.82) is 0 Å². The third kappa shape index (κ3) is 17.1. The number of rotatable bonds is 8. The zero-order chi connectivity index (χ0) is 30.1. The fourth-order valence-electron chi connectivity index (χ4n) is 4.13. The molecule has 0 saturated carbocycles. The van der Waals surface area contributed by atoms with E-state index in [-0.39, 0.29) is 12.1 Å². The molecule has 0 aromatic heterocycles. The average Bonchev–Trinajstić information content (AvgIpc) is 3.32. The lowest BCUT2D eigenvalue weighted by Gasteiger charge is -2.24. The Morgan fingerprint density at radius 3 is 2.27 bits per heavy atom. The maximum Gasteiger partial charge on any atom is 0.410 e. The lowest BCUT2D eigenvalue weighted by atomic mass is 10.00. The normalized spacial score (nSPS) is 15.1. The molecule has 2 atom stereocenters. The summed E-state index contributed by atoms with van der Waals surface area (Å²) in [7, 11) is 0. The molecule has 2 aromatic rings. The topological polar surface area (TPSA) is 72.9 Å². The Labute approximate surface area is 249 Å². The number of likely N-dealkylation sites (tertiary alicyclic amines) is 1. The van der Waals surface area contributed by atoms with Gasteiger partial charge in [-0.05, 0) is 76.5 Å². The minimum atomic E-state index is -0.451. The Hall–Kier alpha value is -2.67. The molecule has 1 amide bonds. The highest BCUT2D eigenvalue weighted by molar-refractivity contribution is 9.10. The molecule has 6 nitrogen and oxygen atoms in total. The van der Waals surface area contributed by atoms with Crippen molar-refractivity contribution in [2.24, 2.45) is 11.8 Å². The van der Waals surface area contributed by atoms with Gasteiger partial charge in [0.25, 0.3) is 0 Å². The van der Waals surface area contributed by atoms with Crippen LogP contribution in [0, 0.1) is 18.8 Å². The van der Waals surface area contributed by atoms with Gasteiger partial charge < -0.3 is 14.4 Å². The molecule has 0 spiro atoms. The minimum absolute atomic E-state index is 0.204. The van der Waals surface area contributed by atoms with E-state index in [4.69, 9.17) is 9.47 Å². The van der Waals surface area contributed by atoms with E-state index >= 15 is 0 Å². The first-order chi connectivity index (χ1) is 18.8. The Morgan fingerprint density at radius 1 is 1.07 bits per heavy atom. The number of ketones is 1. The van der Waals surface area contributed by atoms with Crippen LogP contribution in [0.4, 0.5) is 4.79 Å². The largest absolute Gasteiger partial charge is 0.466 e. The van der Waals surface area contributed by atoms with Crippen LogP contribution in [0.25, 0.3) is 0 Å². The molecule has 1 saturated heterocycles. The second-order valence-electron chi connectivity index (χ2n) is 11.5. The number of hydrogen-bond donors (Lipinski definition) is 0. The summed E-state index contributed by atoms with van der Waals surface area (Å²) in [5.41, 5.74) is 2.12. The van der Waals surface area contributed by atoms with E-state index < -0.39 is 5.60 Å². The van der Waals surface area contributed by atoms with Gasteiger partial charge in [-0.2, -0.15) is 0 Å². The molecular formula is C33H48BrNO5. The first kappa shape index (κ1) is 35.4. The molecule has 1 fully saturated rings. The minimum Gasteiger partial charge on any atom is -0.466 e. The van der Waals surface area contributed by atoms with E-state index in [2.05, 4.69) is 54.0 Å². The van der Waals surface area contributed by atoms with Crippen LogP contribution in [0.1, 0.15) is 78.4 Å². The maximum absolute atomic E-state index is 11.8. The van der Waals surface area contributed by atoms with Crippen molar-refractivity contribution >= 4 is 33.8 Å².